The Labute approximate surface area is 128 Å². The average molecular weight is 302 g/mol. The Balaban J connectivity index is 2.02. The molecule has 1 N–H and O–H groups in total. The molecule has 0 amide bonds. The quantitative estimate of drug-likeness (QED) is 0.933. The number of hydrogen-bond donors (Lipinski definition) is 1. The maximum atomic E-state index is 11.6. The van der Waals surface area contributed by atoms with Crippen molar-refractivity contribution in [3.05, 3.63) is 46.4 Å². The van der Waals surface area contributed by atoms with E-state index in [1.165, 1.54) is 12.3 Å². The predicted molar refractivity (Wildman–Crippen MR) is 83.0 cm³/mol. The fourth-order valence-corrected chi connectivity index (χ4v) is 2.78. The molecular formula is C16H18N2O4. The largest absolute Gasteiger partial charge is 0.503 e. The monoisotopic (exact) mass is 302 g/mol. The van der Waals surface area contributed by atoms with Gasteiger partial charge in [0.2, 0.25) is 5.43 Å². The van der Waals surface area contributed by atoms with Crippen LogP contribution in [0.2, 0.25) is 0 Å². The van der Waals surface area contributed by atoms with Crippen LogP contribution in [0.4, 0.5) is 5.69 Å². The van der Waals surface area contributed by atoms with E-state index in [9.17, 15) is 9.90 Å². The summed E-state index contributed by atoms with van der Waals surface area (Å²) in [5, 5.41) is 9.54. The lowest BCUT2D eigenvalue weighted by Gasteiger charge is -2.33. The highest BCUT2D eigenvalue weighted by Crippen LogP contribution is 2.39. The third kappa shape index (κ3) is 2.36. The first kappa shape index (κ1) is 14.3. The van der Waals surface area contributed by atoms with Gasteiger partial charge in [0, 0.05) is 24.8 Å². The van der Waals surface area contributed by atoms with Crippen molar-refractivity contribution < 1.29 is 14.6 Å². The highest BCUT2D eigenvalue weighted by Gasteiger charge is 2.22. The third-order valence-corrected chi connectivity index (χ3v) is 3.88. The molecule has 1 aliphatic heterocycles. The van der Waals surface area contributed by atoms with Gasteiger partial charge in [-0.2, -0.15) is 0 Å². The van der Waals surface area contributed by atoms with Gasteiger partial charge >= 0.3 is 0 Å². The molecule has 0 fully saturated rings. The van der Waals surface area contributed by atoms with Crippen LogP contribution in [0.15, 0.2) is 35.3 Å². The standard InChI is InChI=1S/C16H18N2O4/c1-21-14-4-3-5-15(22-2)16(14)18-7-6-17-10-13(20)12(19)8-11(17)9-18/h3-5,8,10,20H,6-7,9H2,1-2H3. The Morgan fingerprint density at radius 1 is 1.14 bits per heavy atom. The van der Waals surface area contributed by atoms with Gasteiger partial charge in [0.25, 0.3) is 0 Å². The highest BCUT2D eigenvalue weighted by molar-refractivity contribution is 5.68. The molecule has 0 radical (unpaired) electrons. The van der Waals surface area contributed by atoms with Crippen molar-refractivity contribution in [1.82, 2.24) is 4.57 Å². The van der Waals surface area contributed by atoms with Gasteiger partial charge in [-0.1, -0.05) is 6.07 Å². The van der Waals surface area contributed by atoms with Crippen LogP contribution in [0.25, 0.3) is 0 Å². The van der Waals surface area contributed by atoms with Crippen LogP contribution in [0, 0.1) is 0 Å². The van der Waals surface area contributed by atoms with Crippen molar-refractivity contribution in [3.8, 4) is 17.2 Å². The lowest BCUT2D eigenvalue weighted by molar-refractivity contribution is 0.390. The summed E-state index contributed by atoms with van der Waals surface area (Å²) in [5.74, 6) is 1.25. The van der Waals surface area contributed by atoms with E-state index in [-0.39, 0.29) is 11.2 Å². The summed E-state index contributed by atoms with van der Waals surface area (Å²) in [7, 11) is 3.25. The number of pyridine rings is 1. The van der Waals surface area contributed by atoms with Crippen LogP contribution in [-0.4, -0.2) is 30.4 Å². The second kappa shape index (κ2) is 5.63. The Morgan fingerprint density at radius 2 is 1.82 bits per heavy atom. The van der Waals surface area contributed by atoms with E-state index < -0.39 is 0 Å². The first-order valence-electron chi connectivity index (χ1n) is 7.02. The number of aromatic hydroxyl groups is 1. The predicted octanol–water partition coefficient (Wildman–Crippen LogP) is 1.59. The Morgan fingerprint density at radius 3 is 2.45 bits per heavy atom. The fraction of sp³-hybridized carbons (Fsp3) is 0.312. The maximum Gasteiger partial charge on any atom is 0.223 e. The molecule has 116 valence electrons. The molecule has 0 atom stereocenters. The van der Waals surface area contributed by atoms with Crippen molar-refractivity contribution in [1.29, 1.82) is 0 Å². The molecule has 0 unspecified atom stereocenters. The Hall–Kier alpha value is -2.63. The molecule has 6 heteroatoms. The molecule has 22 heavy (non-hydrogen) atoms. The summed E-state index contributed by atoms with van der Waals surface area (Å²) < 4.78 is 12.8. The van der Waals surface area contributed by atoms with E-state index >= 15 is 0 Å². The fourth-order valence-electron chi connectivity index (χ4n) is 2.78. The minimum absolute atomic E-state index is 0.216. The topological polar surface area (TPSA) is 63.9 Å². The number of ether oxygens (including phenoxy) is 2. The summed E-state index contributed by atoms with van der Waals surface area (Å²) in [6, 6.07) is 7.12. The van der Waals surface area contributed by atoms with Crippen molar-refractivity contribution >= 4 is 5.69 Å². The minimum Gasteiger partial charge on any atom is -0.503 e. The summed E-state index contributed by atoms with van der Waals surface area (Å²) in [4.78, 5) is 13.8. The van der Waals surface area contributed by atoms with E-state index in [0.717, 1.165) is 29.4 Å². The van der Waals surface area contributed by atoms with Gasteiger partial charge in [-0.05, 0) is 12.1 Å². The number of aromatic nitrogens is 1. The van der Waals surface area contributed by atoms with Gasteiger partial charge < -0.3 is 24.0 Å². The van der Waals surface area contributed by atoms with Crippen LogP contribution in [-0.2, 0) is 13.1 Å². The Kier molecular flexibility index (Phi) is 3.66. The molecule has 0 saturated heterocycles. The van der Waals surface area contributed by atoms with E-state index in [4.69, 9.17) is 9.47 Å². The Bertz CT molecular complexity index is 732. The van der Waals surface area contributed by atoms with Crippen molar-refractivity contribution in [2.75, 3.05) is 25.7 Å². The average Bonchev–Trinajstić information content (AvgIpc) is 2.54. The van der Waals surface area contributed by atoms with Gasteiger partial charge in [0.15, 0.2) is 5.75 Å². The molecule has 2 heterocycles. The lowest BCUT2D eigenvalue weighted by Crippen LogP contribution is -2.35. The van der Waals surface area contributed by atoms with E-state index in [1.54, 1.807) is 14.2 Å². The minimum atomic E-state index is -0.361. The molecule has 1 aliphatic rings. The molecule has 3 rings (SSSR count). The second-order valence-electron chi connectivity index (χ2n) is 5.14. The summed E-state index contributed by atoms with van der Waals surface area (Å²) in [6.07, 6.45) is 1.49. The zero-order valence-electron chi connectivity index (χ0n) is 12.6. The molecule has 0 spiro atoms. The zero-order chi connectivity index (χ0) is 15.7. The molecule has 2 aromatic rings. The van der Waals surface area contributed by atoms with Gasteiger partial charge in [0.05, 0.1) is 27.0 Å². The first-order chi connectivity index (χ1) is 10.6. The maximum absolute atomic E-state index is 11.6. The van der Waals surface area contributed by atoms with E-state index in [2.05, 4.69) is 4.90 Å². The molecule has 0 saturated carbocycles. The normalized spacial score (nSPS) is 13.6. The van der Waals surface area contributed by atoms with Gasteiger partial charge in [-0.3, -0.25) is 4.79 Å². The molecular weight excluding hydrogens is 284 g/mol. The summed E-state index contributed by atoms with van der Waals surface area (Å²) >= 11 is 0. The smallest absolute Gasteiger partial charge is 0.223 e. The van der Waals surface area contributed by atoms with Crippen molar-refractivity contribution in [2.45, 2.75) is 13.1 Å². The number of para-hydroxylation sites is 1. The number of rotatable bonds is 3. The van der Waals surface area contributed by atoms with Crippen LogP contribution >= 0.6 is 0 Å². The number of fused-ring (bicyclic) bond motifs is 1. The van der Waals surface area contributed by atoms with Crippen LogP contribution in [0.5, 0.6) is 17.2 Å². The molecule has 0 bridgehead atoms. The van der Waals surface area contributed by atoms with E-state index in [0.29, 0.717) is 13.1 Å². The number of hydrogen-bond acceptors (Lipinski definition) is 5. The van der Waals surface area contributed by atoms with Crippen LogP contribution < -0.4 is 19.8 Å². The number of benzene rings is 1. The SMILES string of the molecule is COc1cccc(OC)c1N1CCn2cc(O)c(=O)cc2C1. The zero-order valence-corrected chi connectivity index (χ0v) is 12.6. The lowest BCUT2D eigenvalue weighted by atomic mass is 10.2. The van der Waals surface area contributed by atoms with Crippen molar-refractivity contribution in [2.24, 2.45) is 0 Å². The van der Waals surface area contributed by atoms with Gasteiger partial charge in [-0.25, -0.2) is 0 Å². The van der Waals surface area contributed by atoms with Gasteiger partial charge in [-0.15, -0.1) is 0 Å². The van der Waals surface area contributed by atoms with Crippen LogP contribution in [0.3, 0.4) is 0 Å². The molecule has 1 aromatic heterocycles. The highest BCUT2D eigenvalue weighted by atomic mass is 16.5. The molecule has 6 nitrogen and oxygen atoms in total. The third-order valence-electron chi connectivity index (χ3n) is 3.88. The number of nitrogens with zero attached hydrogens (tertiary/aromatic N) is 2. The van der Waals surface area contributed by atoms with Crippen LogP contribution in [0.1, 0.15) is 5.69 Å². The molecule has 1 aromatic carbocycles. The number of methoxy groups -OCH3 is 2. The summed E-state index contributed by atoms with van der Waals surface area (Å²) in [5.41, 5.74) is 1.36. The van der Waals surface area contributed by atoms with Gasteiger partial charge in [0.1, 0.15) is 17.2 Å². The summed E-state index contributed by atoms with van der Waals surface area (Å²) in [6.45, 7) is 1.95. The second-order valence-corrected chi connectivity index (χ2v) is 5.14. The van der Waals surface area contributed by atoms with E-state index in [1.807, 2.05) is 22.8 Å². The van der Waals surface area contributed by atoms with Crippen molar-refractivity contribution in [3.63, 3.8) is 0 Å². The molecule has 0 aliphatic carbocycles. The number of anilines is 1. The first-order valence-corrected chi connectivity index (χ1v) is 7.02.